The Morgan fingerprint density at radius 2 is 1.08 bits per heavy atom. The molecule has 3 aliphatic rings. The molecule has 5 heterocycles. The van der Waals surface area contributed by atoms with Crippen LogP contribution in [0.5, 0.6) is 5.75 Å². The van der Waals surface area contributed by atoms with Gasteiger partial charge in [0.1, 0.15) is 90.3 Å². The summed E-state index contributed by atoms with van der Waals surface area (Å²) in [7, 11) is 3.88. The zero-order valence-electron chi connectivity index (χ0n) is 74.6. The van der Waals surface area contributed by atoms with E-state index in [1.54, 1.807) is 41.9 Å². The highest BCUT2D eigenvalue weighted by molar-refractivity contribution is 8.00. The Kier molecular flexibility index (Phi) is 40.3. The average molecular weight is 1880 g/mol. The molecule has 17 amide bonds. The summed E-state index contributed by atoms with van der Waals surface area (Å²) < 4.78 is 0.807. The van der Waals surface area contributed by atoms with Crippen molar-refractivity contribution in [2.45, 2.75) is 221 Å². The first-order valence-electron chi connectivity index (χ1n) is 43.8. The molecule has 5 aromatic rings. The van der Waals surface area contributed by atoms with Gasteiger partial charge in [0.2, 0.25) is 100 Å². The summed E-state index contributed by atoms with van der Waals surface area (Å²) >= 11 is 2.09. The predicted octanol–water partition coefficient (Wildman–Crippen LogP) is -4.44. The van der Waals surface area contributed by atoms with E-state index in [0.29, 0.717) is 58.7 Å². The number of primary amides is 2. The van der Waals surface area contributed by atoms with Crippen LogP contribution in [0.1, 0.15) is 127 Å². The molecule has 45 heteroatoms. The summed E-state index contributed by atoms with van der Waals surface area (Å²) in [4.78, 5) is 256. The number of carbonyl (C=O) groups is 17. The molecule has 0 saturated carbocycles. The second-order valence-corrected chi connectivity index (χ2v) is 34.9. The lowest BCUT2D eigenvalue weighted by atomic mass is 9.99. The maximum absolute atomic E-state index is 15.8. The molecular formula is C87H123N21O22S2. The minimum Gasteiger partial charge on any atom is -0.508 e. The van der Waals surface area contributed by atoms with Gasteiger partial charge in [0.15, 0.2) is 5.96 Å². The van der Waals surface area contributed by atoms with Crippen LogP contribution in [-0.2, 0) is 101 Å². The third-order valence-corrected chi connectivity index (χ3v) is 25.4. The van der Waals surface area contributed by atoms with Crippen molar-refractivity contribution in [3.8, 4) is 5.75 Å². The number of phenols is 1. The number of benzene rings is 3. The summed E-state index contributed by atoms with van der Waals surface area (Å²) in [5.74, 6) is -18.5. The Hall–Kier alpha value is -12.6. The third kappa shape index (κ3) is 29.2. The number of hydrogen-bond acceptors (Lipinski definition) is 25. The van der Waals surface area contributed by atoms with Gasteiger partial charge in [0, 0.05) is 107 Å². The molecule has 3 aromatic carbocycles. The lowest BCUT2D eigenvalue weighted by Gasteiger charge is -2.36. The zero-order valence-corrected chi connectivity index (χ0v) is 76.2. The maximum Gasteiger partial charge on any atom is 0.246 e. The van der Waals surface area contributed by atoms with Crippen molar-refractivity contribution in [3.05, 3.63) is 101 Å². The first kappa shape index (κ1) is 105. The van der Waals surface area contributed by atoms with Crippen molar-refractivity contribution in [1.29, 1.82) is 5.41 Å². The predicted molar refractivity (Wildman–Crippen MR) is 485 cm³/mol. The number of aromatic nitrogens is 1. The van der Waals surface area contributed by atoms with E-state index in [2.05, 4.69) is 63.5 Å². The molecule has 132 heavy (non-hydrogen) atoms. The SMILES string of the molecule is CCCC[C@H]1C(=O)N(C)[C@@H](CCCC)C(=O)N[C@@H](CCCNC(=N)N)C(=O)NC(C(=O)NCC(N)=O)CSCC(=O)N[C@@H](Cc2ccc(O)cc2)C(=O)N(C)[C@@H](C)C(=O)N[C@@H](CC(N)=O)C(=O)N2CCC[C@H]2C(=O)N[C@@H](CO)C(=O)N[C@@H](CCO)C(=O)N2C[C@H](O)C[C@H]2C(=O)N[C@@H](Cc2c[nH]c3ccccc23)C(=O)N[C@@H](CCO)C(=O)N[C@@H](Cc2csc3ccccc23)C(=O)N1C. The number of nitrogens with one attached hydrogen (secondary N) is 13. The number of carbonyl (C=O) groups excluding carboxylic acids is 17. The standard InChI is InChI=1S/C87H123N21O22S2/c1-7-9-21-65-79(123)97-56(20-15-31-92-87(90)91)75(119)103-64(74(118)94-41-71(89)115)45-131-46-72(116)95-60(35-48-25-27-51(112)28-26-48)82(126)104(4)47(3)73(117)100-62(39-70(88)114)85(129)107-32-16-23-66(107)80(124)102-63(43-111)78(122)98-58(30-34-110)84(128)108-42-52(113)38-68(108)81(125)99-59(36-49-40-93-55-19-13-11-17-53(49)55)77(121)96-57(29-33-109)76(120)101-61(37-50-44-132-69-24-14-12-18-54(50)69)83(127)106(6)67(22-10-8-2)86(130)105(65)5/h11-14,17-19,24-28,40,44,47,52,56-68,93,109-113H,7-10,15-16,20-23,29-39,41-43,45-46H2,1-6H3,(H2,88,114)(H2,89,115)(H,94,118)(H,95,116)(H,96,121)(H,97,123)(H,98,122)(H,99,125)(H,100,117)(H,101,120)(H,102,124)(H,103,119)(H4,90,91,92)/t47-,52+,56-,57-,58-,59-,60-,61-,62-,63-,64?,65-,66-,67-,68-/m0/s1. The van der Waals surface area contributed by atoms with E-state index in [1.807, 2.05) is 32.0 Å². The van der Waals surface area contributed by atoms with Crippen molar-refractivity contribution in [2.75, 3.05) is 78.6 Å². The Balaban J connectivity index is 1.19. The fourth-order valence-electron chi connectivity index (χ4n) is 15.9. The van der Waals surface area contributed by atoms with Crippen molar-refractivity contribution in [2.24, 2.45) is 17.2 Å². The van der Waals surface area contributed by atoms with Crippen LogP contribution in [0.4, 0.5) is 0 Å². The van der Waals surface area contributed by atoms with Crippen LogP contribution in [-0.4, -0.2) is 331 Å². The van der Waals surface area contributed by atoms with Crippen LogP contribution in [0.2, 0.25) is 0 Å². The molecule has 3 saturated heterocycles. The van der Waals surface area contributed by atoms with E-state index < -0.39 is 267 Å². The number of thioether (sulfide) groups is 1. The highest BCUT2D eigenvalue weighted by Crippen LogP contribution is 2.30. The van der Waals surface area contributed by atoms with Crippen molar-refractivity contribution < 1.29 is 107 Å². The monoisotopic (exact) mass is 1880 g/mol. The molecule has 1 unspecified atom stereocenters. The number of nitrogens with two attached hydrogens (primary N) is 3. The van der Waals surface area contributed by atoms with Gasteiger partial charge < -0.3 is 131 Å². The lowest BCUT2D eigenvalue weighted by molar-refractivity contribution is -0.149. The molecule has 0 radical (unpaired) electrons. The summed E-state index contributed by atoms with van der Waals surface area (Å²) in [5, 5.41) is 92.5. The van der Waals surface area contributed by atoms with Gasteiger partial charge in [0.25, 0.3) is 0 Å². The number of aliphatic hydroxyl groups is 4. The molecule has 0 bridgehead atoms. The Morgan fingerprint density at radius 3 is 1.75 bits per heavy atom. The summed E-state index contributed by atoms with van der Waals surface area (Å²) in [5.41, 5.74) is 18.7. The highest BCUT2D eigenvalue weighted by atomic mass is 32.2. The van der Waals surface area contributed by atoms with Gasteiger partial charge in [-0.2, -0.15) is 0 Å². The largest absolute Gasteiger partial charge is 0.508 e. The number of amides is 17. The molecule has 0 spiro atoms. The topological polar surface area (TPSA) is 658 Å². The number of H-pyrrole nitrogens is 1. The minimum absolute atomic E-state index is 0.00897. The Morgan fingerprint density at radius 1 is 0.530 bits per heavy atom. The van der Waals surface area contributed by atoms with Crippen LogP contribution in [0.3, 0.4) is 0 Å². The molecule has 0 aliphatic carbocycles. The number of guanidine groups is 1. The van der Waals surface area contributed by atoms with Gasteiger partial charge in [-0.1, -0.05) is 88.1 Å². The number of nitrogens with zero attached hydrogens (tertiary/aromatic N) is 5. The number of thiophene rings is 1. The van der Waals surface area contributed by atoms with E-state index in [4.69, 9.17) is 22.6 Å². The van der Waals surface area contributed by atoms with E-state index >= 15 is 28.8 Å². The van der Waals surface area contributed by atoms with Gasteiger partial charge in [-0.25, -0.2) is 0 Å². The van der Waals surface area contributed by atoms with E-state index in [-0.39, 0.29) is 76.6 Å². The van der Waals surface area contributed by atoms with Crippen molar-refractivity contribution in [3.63, 3.8) is 0 Å². The molecule has 3 aliphatic heterocycles. The number of aliphatic hydroxyl groups excluding tert-OH is 4. The van der Waals surface area contributed by atoms with Crippen LogP contribution in [0.25, 0.3) is 21.0 Å². The molecule has 2 aromatic heterocycles. The number of fused-ring (bicyclic) bond motifs is 4. The number of aromatic hydroxyl groups is 1. The molecule has 8 rings (SSSR count). The molecular weight excluding hydrogens is 1760 g/mol. The second-order valence-electron chi connectivity index (χ2n) is 33.0. The lowest BCUT2D eigenvalue weighted by Crippen LogP contribution is -2.61. The van der Waals surface area contributed by atoms with Gasteiger partial charge in [-0.05, 0) is 110 Å². The maximum atomic E-state index is 15.8. The first-order chi connectivity index (χ1) is 62.9. The first-order valence-corrected chi connectivity index (χ1v) is 45.9. The number of rotatable bonds is 26. The van der Waals surface area contributed by atoms with Crippen molar-refractivity contribution >= 4 is 150 Å². The molecule has 43 nitrogen and oxygen atoms in total. The third-order valence-electron chi connectivity index (χ3n) is 23.4. The Bertz CT molecular complexity index is 4940. The smallest absolute Gasteiger partial charge is 0.246 e. The Labute approximate surface area is 770 Å². The van der Waals surface area contributed by atoms with Gasteiger partial charge in [-0.3, -0.25) is 86.9 Å². The number of aromatic amines is 1. The normalized spacial score (nSPS) is 25.0. The number of likely N-dealkylation sites (N-methyl/N-ethyl adjacent to an activating group) is 3. The molecule has 720 valence electrons. The number of unbranched alkanes of at least 4 members (excludes halogenated alkanes) is 2. The van der Waals surface area contributed by atoms with E-state index in [1.165, 1.54) is 63.7 Å². The molecule has 15 atom stereocenters. The van der Waals surface area contributed by atoms with Gasteiger partial charge >= 0.3 is 0 Å². The summed E-state index contributed by atoms with van der Waals surface area (Å²) in [6, 6.07) is -2.86. The highest BCUT2D eigenvalue weighted by Gasteiger charge is 2.47. The number of hydrogen-bond donors (Lipinski definition) is 21. The number of phenolic OH excluding ortho intramolecular Hbond substituents is 1. The molecule has 24 N–H and O–H groups in total. The average Bonchev–Trinajstić information content (AvgIpc) is 1.61. The van der Waals surface area contributed by atoms with Crippen LogP contribution in [0, 0.1) is 5.41 Å². The van der Waals surface area contributed by atoms with Crippen LogP contribution < -0.4 is 75.7 Å². The van der Waals surface area contributed by atoms with E-state index in [0.717, 1.165) is 41.0 Å². The van der Waals surface area contributed by atoms with Gasteiger partial charge in [-0.15, -0.1) is 23.1 Å². The fraction of sp³-hybridized carbons (Fsp3) is 0.540. The van der Waals surface area contributed by atoms with Crippen molar-refractivity contribution in [1.82, 2.24) is 88.0 Å². The summed E-state index contributed by atoms with van der Waals surface area (Å²) in [6.07, 6.45) is -1.63. The molecule has 3 fully saturated rings. The quantitative estimate of drug-likeness (QED) is 0.0141. The minimum atomic E-state index is -1.91. The number of para-hydroxylation sites is 1. The fourth-order valence-corrected chi connectivity index (χ4v) is 17.8. The van der Waals surface area contributed by atoms with E-state index in [9.17, 15) is 78.3 Å². The van der Waals surface area contributed by atoms with Crippen LogP contribution in [0.15, 0.2) is 84.4 Å². The van der Waals surface area contributed by atoms with Crippen LogP contribution >= 0.6 is 23.1 Å². The van der Waals surface area contributed by atoms with Gasteiger partial charge in [0.05, 0.1) is 31.4 Å². The summed E-state index contributed by atoms with van der Waals surface area (Å²) in [6.45, 7) is 0.747. The zero-order chi connectivity index (χ0) is 96.7. The second kappa shape index (κ2) is 50.7.